The lowest BCUT2D eigenvalue weighted by molar-refractivity contribution is -0.00591. The average Bonchev–Trinajstić information content (AvgIpc) is 2.00. The summed E-state index contributed by atoms with van der Waals surface area (Å²) < 4.78 is 0. The first-order valence-corrected chi connectivity index (χ1v) is 6.24. The van der Waals surface area contributed by atoms with Crippen molar-refractivity contribution >= 4 is 0 Å². The predicted molar refractivity (Wildman–Crippen MR) is 64.4 cm³/mol. The lowest BCUT2D eigenvalue weighted by atomic mass is 9.54. The van der Waals surface area contributed by atoms with E-state index < -0.39 is 0 Å². The molecule has 0 aromatic carbocycles. The highest BCUT2D eigenvalue weighted by atomic mass is 14.5. The normalized spacial score (nSPS) is 42.4. The van der Waals surface area contributed by atoms with Crippen molar-refractivity contribution in [1.29, 1.82) is 0 Å². The van der Waals surface area contributed by atoms with Gasteiger partial charge in [-0.25, -0.2) is 0 Å². The van der Waals surface area contributed by atoms with Crippen LogP contribution in [0.5, 0.6) is 0 Å². The molecule has 0 saturated heterocycles. The summed E-state index contributed by atoms with van der Waals surface area (Å²) >= 11 is 0. The molecule has 0 aromatic rings. The first-order chi connectivity index (χ1) is 6.24. The van der Waals surface area contributed by atoms with Gasteiger partial charge in [-0.05, 0) is 35.5 Å². The maximum Gasteiger partial charge on any atom is -0.0318 e. The van der Waals surface area contributed by atoms with E-state index in [9.17, 15) is 0 Å². The van der Waals surface area contributed by atoms with Crippen molar-refractivity contribution in [3.05, 3.63) is 0 Å². The predicted octanol–water partition coefficient (Wildman–Crippen LogP) is 5.03. The Bertz CT molecular complexity index is 184. The summed E-state index contributed by atoms with van der Waals surface area (Å²) in [5.74, 6) is 0. The minimum absolute atomic E-state index is 0.549. The number of rotatable bonds is 2. The molecule has 2 unspecified atom stereocenters. The molecular weight excluding hydrogens is 168 g/mol. The molecule has 0 nitrogen and oxygen atoms in total. The van der Waals surface area contributed by atoms with E-state index in [2.05, 4.69) is 41.5 Å². The second kappa shape index (κ2) is 3.54. The monoisotopic (exact) mass is 196 g/mol. The molecule has 1 aliphatic rings. The third-order valence-electron chi connectivity index (χ3n) is 4.37. The lowest BCUT2D eigenvalue weighted by Gasteiger charge is -2.51. The molecule has 2 atom stereocenters. The van der Waals surface area contributed by atoms with Crippen LogP contribution in [0.1, 0.15) is 73.6 Å². The number of hydrogen-bond acceptors (Lipinski definition) is 0. The molecule has 0 heteroatoms. The Balaban J connectivity index is 2.88. The third kappa shape index (κ3) is 2.52. The van der Waals surface area contributed by atoms with E-state index in [1.54, 1.807) is 0 Å². The quantitative estimate of drug-likeness (QED) is 0.581. The van der Waals surface area contributed by atoms with Crippen LogP contribution in [0, 0.1) is 16.2 Å². The fourth-order valence-electron chi connectivity index (χ4n) is 4.03. The summed E-state index contributed by atoms with van der Waals surface area (Å²) in [5, 5.41) is 0. The van der Waals surface area contributed by atoms with E-state index in [1.807, 2.05) is 0 Å². The van der Waals surface area contributed by atoms with Gasteiger partial charge in [0.05, 0.1) is 0 Å². The van der Waals surface area contributed by atoms with Gasteiger partial charge in [-0.3, -0.25) is 0 Å². The van der Waals surface area contributed by atoms with Crippen LogP contribution in [0.15, 0.2) is 0 Å². The SMILES string of the molecule is CCC1(C)CC(C)(C)CC(C)(CC)C1. The van der Waals surface area contributed by atoms with Crippen molar-refractivity contribution in [3.63, 3.8) is 0 Å². The maximum absolute atomic E-state index is 2.49. The van der Waals surface area contributed by atoms with Gasteiger partial charge in [-0.2, -0.15) is 0 Å². The molecule has 1 aliphatic carbocycles. The largest absolute Gasteiger partial charge is 0.0649 e. The second-order valence-corrected chi connectivity index (χ2v) is 7.02. The number of hydrogen-bond donors (Lipinski definition) is 0. The first kappa shape index (κ1) is 12.1. The van der Waals surface area contributed by atoms with E-state index >= 15 is 0 Å². The van der Waals surface area contributed by atoms with Crippen molar-refractivity contribution in [3.8, 4) is 0 Å². The van der Waals surface area contributed by atoms with E-state index in [0.717, 1.165) is 0 Å². The van der Waals surface area contributed by atoms with Gasteiger partial charge in [0.2, 0.25) is 0 Å². The molecule has 0 amide bonds. The Labute approximate surface area is 90.5 Å². The fraction of sp³-hybridized carbons (Fsp3) is 1.00. The van der Waals surface area contributed by atoms with Crippen LogP contribution in [-0.4, -0.2) is 0 Å². The van der Waals surface area contributed by atoms with Gasteiger partial charge < -0.3 is 0 Å². The molecule has 0 aromatic heterocycles. The van der Waals surface area contributed by atoms with Crippen LogP contribution >= 0.6 is 0 Å². The van der Waals surface area contributed by atoms with Crippen molar-refractivity contribution < 1.29 is 0 Å². The van der Waals surface area contributed by atoms with Crippen LogP contribution in [0.3, 0.4) is 0 Å². The van der Waals surface area contributed by atoms with Crippen molar-refractivity contribution in [2.45, 2.75) is 73.6 Å². The first-order valence-electron chi connectivity index (χ1n) is 6.24. The van der Waals surface area contributed by atoms with Gasteiger partial charge >= 0.3 is 0 Å². The Morgan fingerprint density at radius 3 is 1.36 bits per heavy atom. The summed E-state index contributed by atoms with van der Waals surface area (Å²) in [7, 11) is 0. The van der Waals surface area contributed by atoms with Crippen LogP contribution in [0.4, 0.5) is 0 Å². The highest BCUT2D eigenvalue weighted by Crippen LogP contribution is 2.56. The van der Waals surface area contributed by atoms with Crippen LogP contribution in [-0.2, 0) is 0 Å². The topological polar surface area (TPSA) is 0 Å². The smallest absolute Gasteiger partial charge is 0.0318 e. The fourth-order valence-corrected chi connectivity index (χ4v) is 4.03. The molecule has 1 saturated carbocycles. The Kier molecular flexibility index (Phi) is 3.05. The molecule has 0 aliphatic heterocycles. The van der Waals surface area contributed by atoms with E-state index in [4.69, 9.17) is 0 Å². The molecule has 0 radical (unpaired) electrons. The molecule has 0 bridgehead atoms. The molecule has 14 heavy (non-hydrogen) atoms. The molecule has 0 N–H and O–H groups in total. The molecule has 84 valence electrons. The Morgan fingerprint density at radius 2 is 1.07 bits per heavy atom. The van der Waals surface area contributed by atoms with Gasteiger partial charge in [-0.1, -0.05) is 54.4 Å². The van der Waals surface area contributed by atoms with Crippen LogP contribution < -0.4 is 0 Å². The van der Waals surface area contributed by atoms with Crippen LogP contribution in [0.25, 0.3) is 0 Å². The van der Waals surface area contributed by atoms with E-state index in [1.165, 1.54) is 32.1 Å². The van der Waals surface area contributed by atoms with Gasteiger partial charge in [0, 0.05) is 0 Å². The molecule has 0 spiro atoms. The summed E-state index contributed by atoms with van der Waals surface area (Å²) in [5.41, 5.74) is 1.73. The summed E-state index contributed by atoms with van der Waals surface area (Å²) in [6.45, 7) is 14.6. The minimum Gasteiger partial charge on any atom is -0.0649 e. The van der Waals surface area contributed by atoms with Gasteiger partial charge in [0.15, 0.2) is 0 Å². The van der Waals surface area contributed by atoms with E-state index in [-0.39, 0.29) is 0 Å². The average molecular weight is 196 g/mol. The molecule has 1 fully saturated rings. The zero-order valence-corrected chi connectivity index (χ0v) is 11.0. The summed E-state index contributed by atoms with van der Waals surface area (Å²) in [6, 6.07) is 0. The molecular formula is C14H28. The Hall–Kier alpha value is 0. The maximum atomic E-state index is 2.49. The highest BCUT2D eigenvalue weighted by molar-refractivity contribution is 4.95. The zero-order chi connectivity index (χ0) is 11.0. The van der Waals surface area contributed by atoms with E-state index in [0.29, 0.717) is 16.2 Å². The van der Waals surface area contributed by atoms with Crippen molar-refractivity contribution in [1.82, 2.24) is 0 Å². The van der Waals surface area contributed by atoms with Crippen molar-refractivity contribution in [2.24, 2.45) is 16.2 Å². The second-order valence-electron chi connectivity index (χ2n) is 7.02. The summed E-state index contributed by atoms with van der Waals surface area (Å²) in [6.07, 6.45) is 6.92. The lowest BCUT2D eigenvalue weighted by Crippen LogP contribution is -2.40. The highest BCUT2D eigenvalue weighted by Gasteiger charge is 2.44. The molecule has 1 rings (SSSR count). The van der Waals surface area contributed by atoms with Gasteiger partial charge in [-0.15, -0.1) is 0 Å². The Morgan fingerprint density at radius 1 is 0.714 bits per heavy atom. The van der Waals surface area contributed by atoms with Gasteiger partial charge in [0.1, 0.15) is 0 Å². The zero-order valence-electron chi connectivity index (χ0n) is 11.0. The minimum atomic E-state index is 0.549. The van der Waals surface area contributed by atoms with Crippen LogP contribution in [0.2, 0.25) is 0 Å². The van der Waals surface area contributed by atoms with Crippen molar-refractivity contribution in [2.75, 3.05) is 0 Å². The summed E-state index contributed by atoms with van der Waals surface area (Å²) in [4.78, 5) is 0. The third-order valence-corrected chi connectivity index (χ3v) is 4.37. The standard InChI is InChI=1S/C14H28/c1-7-13(5)9-12(3,4)10-14(6,8-2)11-13/h7-11H2,1-6H3. The molecule has 0 heterocycles. The van der Waals surface area contributed by atoms with Gasteiger partial charge in [0.25, 0.3) is 0 Å².